The maximum absolute atomic E-state index is 8.55. The molecule has 0 aliphatic heterocycles. The Hall–Kier alpha value is 0.718. The first-order chi connectivity index (χ1) is 2.00. The van der Waals surface area contributed by atoms with E-state index in [1.807, 2.05) is 0 Å². The van der Waals surface area contributed by atoms with Crippen LogP contribution in [0.15, 0.2) is 0 Å². The molecule has 0 heterocycles. The molecular weight excluding hydrogens is 221 g/mol. The Labute approximate surface area is 60.3 Å². The molecule has 0 atom stereocenters. The first-order valence-corrected chi connectivity index (χ1v) is 2.19. The van der Waals surface area contributed by atoms with E-state index in [-0.39, 0.29) is 32.7 Å². The summed E-state index contributed by atoms with van der Waals surface area (Å²) in [6.45, 7) is 0. The molecule has 8 heteroatoms. The quantitative estimate of drug-likeness (QED) is 0.340. The van der Waals surface area contributed by atoms with Gasteiger partial charge in [-0.25, -0.2) is 0 Å². The number of phosphoric acid groups is 1. The van der Waals surface area contributed by atoms with Crippen LogP contribution in [0.2, 0.25) is 0 Å². The maximum atomic E-state index is 8.55. The average molecular weight is 227 g/mol. The van der Waals surface area contributed by atoms with Crippen molar-refractivity contribution >= 4 is 7.82 Å². The Morgan fingerprint density at radius 3 is 1.12 bits per heavy atom. The van der Waals surface area contributed by atoms with Gasteiger partial charge in [0.2, 0.25) is 0 Å². The van der Waals surface area contributed by atoms with Crippen LogP contribution in [0.1, 0.15) is 0 Å². The maximum Gasteiger partial charge on any atom is 0 e. The third-order valence-corrected chi connectivity index (χ3v) is 0. The van der Waals surface area contributed by atoms with Gasteiger partial charge < -0.3 is 30.9 Å². The van der Waals surface area contributed by atoms with Crippen molar-refractivity contribution < 1.29 is 45.8 Å². The molecular formula is H6MoNO5P-2. The number of rotatable bonds is 0. The second-order valence-electron chi connectivity index (χ2n) is 0.447. The molecule has 0 bridgehead atoms. The zero-order chi connectivity index (χ0) is 4.50. The fraction of sp³-hybridized carbons (Fsp3) is 0. The summed E-state index contributed by atoms with van der Waals surface area (Å²) in [7, 11) is -5.39. The zero-order valence-electron chi connectivity index (χ0n) is 3.99. The summed E-state index contributed by atoms with van der Waals surface area (Å²) in [4.78, 5) is 25.6. The molecule has 0 amide bonds. The molecule has 0 rings (SSSR count). The Morgan fingerprint density at radius 2 is 1.12 bits per heavy atom. The summed E-state index contributed by atoms with van der Waals surface area (Å²) < 4.78 is 8.55. The Balaban J connectivity index is -0.0000000267. The Kier molecular flexibility index (Phi) is 22.5. The van der Waals surface area contributed by atoms with Crippen LogP contribution in [0, 0.1) is 0 Å². The number of hydrogen-bond donors (Lipinski definition) is 1. The Morgan fingerprint density at radius 1 is 1.12 bits per heavy atom. The summed E-state index contributed by atoms with van der Waals surface area (Å²) in [6.07, 6.45) is 0. The Bertz CT molecular complexity index is 58.6. The molecule has 8 heavy (non-hydrogen) atoms. The van der Waals surface area contributed by atoms with E-state index in [9.17, 15) is 0 Å². The number of quaternary nitrogens is 1. The van der Waals surface area contributed by atoms with Gasteiger partial charge in [-0.15, -0.1) is 0 Å². The fourth-order valence-electron chi connectivity index (χ4n) is 0. The van der Waals surface area contributed by atoms with E-state index < -0.39 is 7.82 Å². The van der Waals surface area contributed by atoms with Crippen LogP contribution < -0.4 is 20.8 Å². The van der Waals surface area contributed by atoms with Crippen molar-refractivity contribution in [2.45, 2.75) is 0 Å². The van der Waals surface area contributed by atoms with Crippen LogP contribution in [0.5, 0.6) is 0 Å². The van der Waals surface area contributed by atoms with Crippen LogP contribution in [0.3, 0.4) is 0 Å². The van der Waals surface area contributed by atoms with Crippen molar-refractivity contribution in [3.05, 3.63) is 0 Å². The van der Waals surface area contributed by atoms with Crippen molar-refractivity contribution in [1.29, 1.82) is 0 Å². The van der Waals surface area contributed by atoms with Gasteiger partial charge in [0.05, 0.1) is 0 Å². The summed E-state index contributed by atoms with van der Waals surface area (Å²) in [5, 5.41) is 0. The van der Waals surface area contributed by atoms with E-state index in [1.165, 1.54) is 0 Å². The molecule has 0 aliphatic rings. The van der Waals surface area contributed by atoms with E-state index in [2.05, 4.69) is 0 Å². The van der Waals surface area contributed by atoms with Crippen LogP contribution in [0.25, 0.3) is 0 Å². The molecule has 54 valence electrons. The summed E-state index contributed by atoms with van der Waals surface area (Å²) >= 11 is 0. The van der Waals surface area contributed by atoms with Crippen molar-refractivity contribution in [3.63, 3.8) is 0 Å². The predicted octanol–water partition coefficient (Wildman–Crippen LogP) is -3.28. The van der Waals surface area contributed by atoms with E-state index in [0.717, 1.165) is 0 Å². The summed E-state index contributed by atoms with van der Waals surface area (Å²) in [5.74, 6) is 0. The molecule has 0 saturated heterocycles. The van der Waals surface area contributed by atoms with E-state index >= 15 is 0 Å². The van der Waals surface area contributed by atoms with Gasteiger partial charge in [-0.1, -0.05) is 0 Å². The smallest absolute Gasteiger partial charge is 0 e. The van der Waals surface area contributed by atoms with Crippen LogP contribution in [-0.2, 0) is 25.6 Å². The van der Waals surface area contributed by atoms with Crippen LogP contribution >= 0.6 is 7.82 Å². The van der Waals surface area contributed by atoms with Crippen molar-refractivity contribution in [1.82, 2.24) is 6.15 Å². The standard InChI is InChI=1S/Mo.H3N.H3O4P.H2O/c;;1-5(2,3)4;/h;1H3;(H3,1,2,3,4);1H2/p-2. The first kappa shape index (κ1) is 23.3. The predicted molar refractivity (Wildman–Crippen MR) is 17.2 cm³/mol. The van der Waals surface area contributed by atoms with Crippen molar-refractivity contribution in [2.75, 3.05) is 0 Å². The molecule has 0 aromatic carbocycles. The molecule has 0 aromatic rings. The molecule has 0 fully saturated rings. The van der Waals surface area contributed by atoms with Gasteiger partial charge in [-0.05, 0) is 0 Å². The molecule has 6 nitrogen and oxygen atoms in total. The molecule has 0 saturated carbocycles. The normalized spacial score (nSPS) is 7.38. The fourth-order valence-corrected chi connectivity index (χ4v) is 0. The zero-order valence-corrected chi connectivity index (χ0v) is 6.89. The SMILES string of the molecule is O.O=P([O-])([O-])[O-].[Mo].[NH4+]. The van der Waals surface area contributed by atoms with Gasteiger partial charge >= 0.3 is 0 Å². The summed E-state index contributed by atoms with van der Waals surface area (Å²) in [5.41, 5.74) is 0. The minimum absolute atomic E-state index is 0. The number of hydrogen-bond acceptors (Lipinski definition) is 4. The molecule has 0 unspecified atom stereocenters. The van der Waals surface area contributed by atoms with Gasteiger partial charge in [-0.2, -0.15) is 7.82 Å². The monoisotopic (exact) mass is 229 g/mol. The van der Waals surface area contributed by atoms with E-state index in [1.54, 1.807) is 0 Å². The van der Waals surface area contributed by atoms with E-state index in [0.29, 0.717) is 0 Å². The molecule has 6 N–H and O–H groups in total. The van der Waals surface area contributed by atoms with Gasteiger partial charge in [0.1, 0.15) is 0 Å². The van der Waals surface area contributed by atoms with Gasteiger partial charge in [-0.3, -0.25) is 0 Å². The van der Waals surface area contributed by atoms with Gasteiger partial charge in [0, 0.05) is 21.1 Å². The summed E-state index contributed by atoms with van der Waals surface area (Å²) in [6, 6.07) is 0. The van der Waals surface area contributed by atoms with E-state index in [4.69, 9.17) is 19.2 Å². The third kappa shape index (κ3) is 426. The van der Waals surface area contributed by atoms with Gasteiger partial charge in [0.15, 0.2) is 0 Å². The second kappa shape index (κ2) is 7.72. The van der Waals surface area contributed by atoms with Crippen LogP contribution in [0.4, 0.5) is 0 Å². The second-order valence-corrected chi connectivity index (χ2v) is 1.34. The largest absolute Gasteiger partial charge is 0.822 e. The molecule has 0 aliphatic carbocycles. The van der Waals surface area contributed by atoms with Crippen molar-refractivity contribution in [2.24, 2.45) is 0 Å². The molecule has 0 spiro atoms. The molecule has 0 radical (unpaired) electrons. The molecule has 0 aromatic heterocycles. The average Bonchev–Trinajstić information content (AvgIpc) is 0.722. The van der Waals surface area contributed by atoms with Gasteiger partial charge in [0.25, 0.3) is 0 Å². The minimum Gasteiger partial charge on any atom is -0.822 e. The van der Waals surface area contributed by atoms with Crippen molar-refractivity contribution in [3.8, 4) is 0 Å². The minimum atomic E-state index is -5.39. The first-order valence-electron chi connectivity index (χ1n) is 0.730. The van der Waals surface area contributed by atoms with Crippen LogP contribution in [-0.4, -0.2) is 5.48 Å². The third-order valence-electron chi connectivity index (χ3n) is 0. The topological polar surface area (TPSA) is 154 Å².